The van der Waals surface area contributed by atoms with E-state index in [4.69, 9.17) is 16.7 Å². The summed E-state index contributed by atoms with van der Waals surface area (Å²) in [6.07, 6.45) is 2.68. The molecule has 0 aromatic carbocycles. The Hall–Kier alpha value is -0.740. The monoisotopic (exact) mass is 275 g/mol. The van der Waals surface area contributed by atoms with E-state index in [2.05, 4.69) is 5.32 Å². The lowest BCUT2D eigenvalue weighted by Crippen LogP contribution is -2.49. The van der Waals surface area contributed by atoms with Gasteiger partial charge in [0.25, 0.3) is 0 Å². The molecule has 1 aliphatic carbocycles. The van der Waals surface area contributed by atoms with Crippen LogP contribution in [0.25, 0.3) is 0 Å². The predicted molar refractivity (Wildman–Crippen MR) is 71.1 cm³/mol. The largest absolute Gasteiger partial charge is 0.481 e. The average Bonchev–Trinajstić information content (AvgIpc) is 2.28. The topological polar surface area (TPSA) is 69.6 Å². The Morgan fingerprint density at radius 3 is 2.17 bits per heavy atom. The number of hydrogen-bond donors (Lipinski definition) is 3. The van der Waals surface area contributed by atoms with Gasteiger partial charge in [0.05, 0.1) is 5.92 Å². The van der Waals surface area contributed by atoms with E-state index in [0.29, 0.717) is 30.7 Å². The normalized spacial score (nSPS) is 29.2. The number of carbonyl (C=O) groups is 1. The van der Waals surface area contributed by atoms with Crippen molar-refractivity contribution in [1.29, 1.82) is 0 Å². The molecule has 0 heterocycles. The van der Waals surface area contributed by atoms with Crippen LogP contribution in [0, 0.1) is 11.8 Å². The number of carboxylic acids is 1. The first-order chi connectivity index (χ1) is 8.24. The molecular weight excluding hydrogens is 254 g/mol. The van der Waals surface area contributed by atoms with Gasteiger partial charge in [0.2, 0.25) is 0 Å². The van der Waals surface area contributed by atoms with Crippen LogP contribution in [0.2, 0.25) is 0 Å². The van der Waals surface area contributed by atoms with Gasteiger partial charge in [-0.1, -0.05) is 11.6 Å². The van der Waals surface area contributed by atoms with Gasteiger partial charge in [-0.15, -0.1) is 0 Å². The molecule has 0 aromatic heterocycles. The molecule has 0 amide bonds. The molecule has 0 spiro atoms. The smallest absolute Gasteiger partial charge is 0.306 e. The molecule has 3 N–H and O–H groups in total. The standard InChI is InChI=1S/C13H22ClNO3/c1-8(14)9(2)15-13(3,18)11-6-4-10(5-7-11)12(16)17/h10-11,15,18H,4-7H2,1-3H3,(H,16,17)/b9-8+. The van der Waals surface area contributed by atoms with Gasteiger partial charge in [-0.3, -0.25) is 4.79 Å². The highest BCUT2D eigenvalue weighted by Gasteiger charge is 2.36. The van der Waals surface area contributed by atoms with E-state index in [1.165, 1.54) is 0 Å². The van der Waals surface area contributed by atoms with Crippen molar-refractivity contribution in [2.24, 2.45) is 11.8 Å². The average molecular weight is 276 g/mol. The van der Waals surface area contributed by atoms with Gasteiger partial charge in [0.1, 0.15) is 5.72 Å². The van der Waals surface area contributed by atoms with Crippen LogP contribution in [-0.2, 0) is 4.79 Å². The Balaban J connectivity index is 2.60. The SMILES string of the molecule is C/C(Cl)=C(/C)NC(C)(O)C1CCC(C(=O)O)CC1. The van der Waals surface area contributed by atoms with Gasteiger partial charge >= 0.3 is 5.97 Å². The van der Waals surface area contributed by atoms with E-state index in [1.54, 1.807) is 13.8 Å². The quantitative estimate of drug-likeness (QED) is 0.690. The number of hydrogen-bond acceptors (Lipinski definition) is 3. The van der Waals surface area contributed by atoms with Crippen LogP contribution < -0.4 is 5.32 Å². The molecule has 104 valence electrons. The molecule has 1 fully saturated rings. The maximum atomic E-state index is 10.9. The lowest BCUT2D eigenvalue weighted by molar-refractivity contribution is -0.144. The van der Waals surface area contributed by atoms with Crippen LogP contribution >= 0.6 is 11.6 Å². The van der Waals surface area contributed by atoms with Crippen molar-refractivity contribution in [3.05, 3.63) is 10.7 Å². The fourth-order valence-electron chi connectivity index (χ4n) is 2.47. The Kier molecular flexibility index (Phi) is 5.05. The van der Waals surface area contributed by atoms with Gasteiger partial charge in [-0.2, -0.15) is 0 Å². The Morgan fingerprint density at radius 2 is 1.78 bits per heavy atom. The number of aliphatic carboxylic acids is 1. The van der Waals surface area contributed by atoms with Crippen molar-refractivity contribution < 1.29 is 15.0 Å². The van der Waals surface area contributed by atoms with E-state index < -0.39 is 11.7 Å². The van der Waals surface area contributed by atoms with Crippen molar-refractivity contribution in [3.8, 4) is 0 Å². The molecule has 0 saturated heterocycles. The van der Waals surface area contributed by atoms with E-state index >= 15 is 0 Å². The summed E-state index contributed by atoms with van der Waals surface area (Å²) in [6, 6.07) is 0. The Labute approximate surface area is 113 Å². The van der Waals surface area contributed by atoms with Crippen molar-refractivity contribution in [2.75, 3.05) is 0 Å². The molecule has 5 heteroatoms. The first kappa shape index (κ1) is 15.3. The first-order valence-corrected chi connectivity index (χ1v) is 6.68. The molecule has 4 nitrogen and oxygen atoms in total. The second-order valence-corrected chi connectivity index (χ2v) is 5.88. The summed E-state index contributed by atoms with van der Waals surface area (Å²) in [7, 11) is 0. The summed E-state index contributed by atoms with van der Waals surface area (Å²) < 4.78 is 0. The van der Waals surface area contributed by atoms with E-state index in [0.717, 1.165) is 5.70 Å². The second kappa shape index (κ2) is 5.93. The first-order valence-electron chi connectivity index (χ1n) is 6.30. The maximum Gasteiger partial charge on any atom is 0.306 e. The minimum Gasteiger partial charge on any atom is -0.481 e. The zero-order valence-corrected chi connectivity index (χ0v) is 11.9. The van der Waals surface area contributed by atoms with E-state index in [-0.39, 0.29) is 11.8 Å². The third-order valence-electron chi connectivity index (χ3n) is 3.83. The van der Waals surface area contributed by atoms with Crippen LogP contribution in [0.4, 0.5) is 0 Å². The molecule has 18 heavy (non-hydrogen) atoms. The highest BCUT2D eigenvalue weighted by atomic mass is 35.5. The highest BCUT2D eigenvalue weighted by molar-refractivity contribution is 6.29. The van der Waals surface area contributed by atoms with Gasteiger partial charge in [0.15, 0.2) is 0 Å². The van der Waals surface area contributed by atoms with Crippen LogP contribution in [0.3, 0.4) is 0 Å². The zero-order valence-electron chi connectivity index (χ0n) is 11.2. The summed E-state index contributed by atoms with van der Waals surface area (Å²) >= 11 is 5.87. The van der Waals surface area contributed by atoms with Crippen LogP contribution in [0.5, 0.6) is 0 Å². The summed E-state index contributed by atoms with van der Waals surface area (Å²) in [5, 5.41) is 23.0. The molecule has 0 bridgehead atoms. The van der Waals surface area contributed by atoms with Crippen molar-refractivity contribution >= 4 is 17.6 Å². The molecule has 0 aliphatic heterocycles. The van der Waals surface area contributed by atoms with Gasteiger partial charge in [0, 0.05) is 16.6 Å². The fourth-order valence-corrected chi connectivity index (χ4v) is 2.52. The summed E-state index contributed by atoms with van der Waals surface area (Å²) in [5.74, 6) is -0.934. The maximum absolute atomic E-state index is 10.9. The number of nitrogens with one attached hydrogen (secondary N) is 1. The third kappa shape index (κ3) is 3.89. The summed E-state index contributed by atoms with van der Waals surface area (Å²) in [5.41, 5.74) is -0.286. The third-order valence-corrected chi connectivity index (χ3v) is 4.11. The predicted octanol–water partition coefficient (Wildman–Crippen LogP) is 2.67. The Bertz CT molecular complexity index is 340. The van der Waals surface area contributed by atoms with E-state index in [1.807, 2.05) is 6.92 Å². The molecule has 0 radical (unpaired) electrons. The molecule has 1 rings (SSSR count). The molecule has 1 saturated carbocycles. The molecule has 1 atom stereocenters. The van der Waals surface area contributed by atoms with Crippen molar-refractivity contribution in [3.63, 3.8) is 0 Å². The van der Waals surface area contributed by atoms with Crippen LogP contribution in [0.15, 0.2) is 10.7 Å². The van der Waals surface area contributed by atoms with Gasteiger partial charge in [-0.05, 0) is 46.5 Å². The molecule has 1 unspecified atom stereocenters. The minimum absolute atomic E-state index is 0.0547. The zero-order chi connectivity index (χ0) is 13.9. The molecule has 0 aromatic rings. The van der Waals surface area contributed by atoms with E-state index in [9.17, 15) is 9.90 Å². The van der Waals surface area contributed by atoms with Crippen LogP contribution in [-0.4, -0.2) is 21.9 Å². The number of aliphatic hydroxyl groups is 1. The minimum atomic E-state index is -1.04. The summed E-state index contributed by atoms with van der Waals surface area (Å²) in [4.78, 5) is 10.9. The Morgan fingerprint density at radius 1 is 1.28 bits per heavy atom. The number of rotatable bonds is 4. The number of carboxylic acid groups (broad SMARTS) is 1. The van der Waals surface area contributed by atoms with Gasteiger partial charge < -0.3 is 15.5 Å². The van der Waals surface area contributed by atoms with Crippen molar-refractivity contribution in [1.82, 2.24) is 5.32 Å². The number of allylic oxidation sites excluding steroid dienone is 2. The van der Waals surface area contributed by atoms with Gasteiger partial charge in [-0.25, -0.2) is 0 Å². The van der Waals surface area contributed by atoms with Crippen molar-refractivity contribution in [2.45, 2.75) is 52.2 Å². The lowest BCUT2D eigenvalue weighted by Gasteiger charge is -2.38. The van der Waals surface area contributed by atoms with Crippen LogP contribution in [0.1, 0.15) is 46.5 Å². The second-order valence-electron chi connectivity index (χ2n) is 5.32. The highest BCUT2D eigenvalue weighted by Crippen LogP contribution is 2.35. The number of halogens is 1. The fraction of sp³-hybridized carbons (Fsp3) is 0.769. The molecule has 1 aliphatic rings. The lowest BCUT2D eigenvalue weighted by atomic mass is 9.77. The molecular formula is C13H22ClNO3. The summed E-state index contributed by atoms with van der Waals surface area (Å²) in [6.45, 7) is 5.31.